The third-order valence-electron chi connectivity index (χ3n) is 1.92. The number of alkyl halides is 1. The molecule has 2 nitrogen and oxygen atoms in total. The van der Waals surface area contributed by atoms with Gasteiger partial charge in [-0.15, -0.1) is 22.9 Å². The summed E-state index contributed by atoms with van der Waals surface area (Å²) in [7, 11) is 0. The normalized spacial score (nSPS) is 9.92. The highest BCUT2D eigenvalue weighted by atomic mass is 35.5. The maximum atomic E-state index is 8.79. The molecule has 2 N–H and O–H groups in total. The highest BCUT2D eigenvalue weighted by molar-refractivity contribution is 7.16. The third-order valence-corrected chi connectivity index (χ3v) is 3.37. The number of halogens is 1. The van der Waals surface area contributed by atoms with E-state index in [4.69, 9.17) is 22.6 Å². The number of hydrogen-bond donors (Lipinski definition) is 1. The van der Waals surface area contributed by atoms with Gasteiger partial charge in [-0.25, -0.2) is 0 Å². The molecule has 0 bridgehead atoms. The maximum Gasteiger partial charge on any atom is 0.104 e. The van der Waals surface area contributed by atoms with E-state index in [0.29, 0.717) is 16.4 Å². The van der Waals surface area contributed by atoms with Crippen LogP contribution in [-0.2, 0) is 6.42 Å². The summed E-state index contributed by atoms with van der Waals surface area (Å²) in [5, 5.41) is 9.42. The second-order valence-electron chi connectivity index (χ2n) is 2.79. The molecule has 0 amide bonds. The zero-order valence-electron chi connectivity index (χ0n) is 7.43. The van der Waals surface area contributed by atoms with Gasteiger partial charge in [0.15, 0.2) is 0 Å². The van der Waals surface area contributed by atoms with Gasteiger partial charge in [0.1, 0.15) is 11.1 Å². The lowest BCUT2D eigenvalue weighted by Crippen LogP contribution is -1.86. The van der Waals surface area contributed by atoms with Crippen LogP contribution >= 0.6 is 22.9 Å². The van der Waals surface area contributed by atoms with E-state index in [0.717, 1.165) is 18.4 Å². The lowest BCUT2D eigenvalue weighted by Gasteiger charge is -1.95. The van der Waals surface area contributed by atoms with Crippen molar-refractivity contribution in [1.82, 2.24) is 0 Å². The van der Waals surface area contributed by atoms with E-state index in [-0.39, 0.29) is 0 Å². The van der Waals surface area contributed by atoms with Gasteiger partial charge < -0.3 is 5.73 Å². The molecule has 0 aliphatic heterocycles. The van der Waals surface area contributed by atoms with Crippen molar-refractivity contribution in [3.8, 4) is 6.07 Å². The summed E-state index contributed by atoms with van der Waals surface area (Å²) >= 11 is 7.09. The van der Waals surface area contributed by atoms with Gasteiger partial charge >= 0.3 is 0 Å². The lowest BCUT2D eigenvalue weighted by molar-refractivity contribution is 0.939. The Kier molecular flexibility index (Phi) is 3.58. The molecule has 0 spiro atoms. The largest absolute Gasteiger partial charge is 0.389 e. The van der Waals surface area contributed by atoms with Crippen LogP contribution in [0.5, 0.6) is 0 Å². The van der Waals surface area contributed by atoms with Crippen LogP contribution in [0, 0.1) is 18.3 Å². The SMILES string of the molecule is Cc1c(CCCCl)sc(N)c1C#N. The molecule has 0 aliphatic carbocycles. The van der Waals surface area contributed by atoms with E-state index in [2.05, 4.69) is 6.07 Å². The summed E-state index contributed by atoms with van der Waals surface area (Å²) in [5.41, 5.74) is 7.34. The number of nitrogens with zero attached hydrogens (tertiary/aromatic N) is 1. The Bertz CT molecular complexity index is 338. The molecule has 0 saturated heterocycles. The molecule has 0 atom stereocenters. The van der Waals surface area contributed by atoms with Crippen molar-refractivity contribution in [2.75, 3.05) is 11.6 Å². The van der Waals surface area contributed by atoms with Crippen LogP contribution in [0.25, 0.3) is 0 Å². The number of aryl methyl sites for hydroxylation is 1. The Morgan fingerprint density at radius 2 is 2.31 bits per heavy atom. The number of thiophene rings is 1. The molecule has 70 valence electrons. The van der Waals surface area contributed by atoms with Crippen molar-refractivity contribution in [2.45, 2.75) is 19.8 Å². The summed E-state index contributed by atoms with van der Waals surface area (Å²) in [6.45, 7) is 1.94. The maximum absolute atomic E-state index is 8.79. The minimum atomic E-state index is 0.629. The molecule has 13 heavy (non-hydrogen) atoms. The zero-order valence-corrected chi connectivity index (χ0v) is 9.00. The van der Waals surface area contributed by atoms with E-state index in [1.54, 1.807) is 0 Å². The van der Waals surface area contributed by atoms with Gasteiger partial charge in [-0.05, 0) is 25.3 Å². The average molecular weight is 215 g/mol. The van der Waals surface area contributed by atoms with Crippen molar-refractivity contribution in [3.05, 3.63) is 16.0 Å². The Balaban J connectivity index is 2.92. The summed E-state index contributed by atoms with van der Waals surface area (Å²) in [4.78, 5) is 1.19. The topological polar surface area (TPSA) is 49.8 Å². The van der Waals surface area contributed by atoms with E-state index in [1.807, 2.05) is 6.92 Å². The number of anilines is 1. The summed E-state index contributed by atoms with van der Waals surface area (Å²) < 4.78 is 0. The van der Waals surface area contributed by atoms with E-state index >= 15 is 0 Å². The monoisotopic (exact) mass is 214 g/mol. The fourth-order valence-corrected chi connectivity index (χ4v) is 2.39. The molecule has 0 unspecified atom stereocenters. The van der Waals surface area contributed by atoms with Gasteiger partial charge in [-0.2, -0.15) is 5.26 Å². The molecular weight excluding hydrogens is 204 g/mol. The summed E-state index contributed by atoms with van der Waals surface area (Å²) in [6.07, 6.45) is 1.86. The van der Waals surface area contributed by atoms with Crippen molar-refractivity contribution >= 4 is 27.9 Å². The van der Waals surface area contributed by atoms with Gasteiger partial charge in [0.05, 0.1) is 5.56 Å². The number of hydrogen-bond acceptors (Lipinski definition) is 3. The van der Waals surface area contributed by atoms with E-state index in [9.17, 15) is 0 Å². The quantitative estimate of drug-likeness (QED) is 0.787. The Morgan fingerprint density at radius 3 is 2.77 bits per heavy atom. The van der Waals surface area contributed by atoms with Crippen molar-refractivity contribution in [1.29, 1.82) is 5.26 Å². The standard InChI is InChI=1S/C9H11ClN2S/c1-6-7(5-11)9(12)13-8(6)3-2-4-10/h2-4,12H2,1H3. The number of rotatable bonds is 3. The minimum Gasteiger partial charge on any atom is -0.389 e. The first-order valence-electron chi connectivity index (χ1n) is 4.04. The van der Waals surface area contributed by atoms with Gasteiger partial charge in [-0.3, -0.25) is 0 Å². The highest BCUT2D eigenvalue weighted by Crippen LogP contribution is 2.30. The molecule has 1 heterocycles. The van der Waals surface area contributed by atoms with Gasteiger partial charge in [0, 0.05) is 10.8 Å². The van der Waals surface area contributed by atoms with Crippen LogP contribution in [0.3, 0.4) is 0 Å². The number of nitriles is 1. The molecule has 0 fully saturated rings. The third kappa shape index (κ3) is 2.15. The van der Waals surface area contributed by atoms with Crippen LogP contribution in [0.1, 0.15) is 22.4 Å². The van der Waals surface area contributed by atoms with Gasteiger partial charge in [-0.1, -0.05) is 0 Å². The van der Waals surface area contributed by atoms with E-state index < -0.39 is 0 Å². The Morgan fingerprint density at radius 1 is 1.62 bits per heavy atom. The van der Waals surface area contributed by atoms with Crippen LogP contribution in [0.4, 0.5) is 5.00 Å². The second-order valence-corrected chi connectivity index (χ2v) is 4.31. The molecule has 0 saturated carbocycles. The van der Waals surface area contributed by atoms with Crippen molar-refractivity contribution < 1.29 is 0 Å². The van der Waals surface area contributed by atoms with Crippen LogP contribution in [0.15, 0.2) is 0 Å². The van der Waals surface area contributed by atoms with Crippen LogP contribution in [-0.4, -0.2) is 5.88 Å². The number of nitrogen functional groups attached to an aromatic ring is 1. The van der Waals surface area contributed by atoms with Gasteiger partial charge in [0.2, 0.25) is 0 Å². The smallest absolute Gasteiger partial charge is 0.104 e. The van der Waals surface area contributed by atoms with Crippen LogP contribution in [0.2, 0.25) is 0 Å². The first-order valence-corrected chi connectivity index (χ1v) is 5.39. The summed E-state index contributed by atoms with van der Waals surface area (Å²) in [5.74, 6) is 0.652. The fraction of sp³-hybridized carbons (Fsp3) is 0.444. The summed E-state index contributed by atoms with van der Waals surface area (Å²) in [6, 6.07) is 2.11. The Labute approximate surface area is 86.9 Å². The van der Waals surface area contributed by atoms with Crippen molar-refractivity contribution in [2.24, 2.45) is 0 Å². The molecule has 1 aromatic rings. The van der Waals surface area contributed by atoms with Crippen molar-refractivity contribution in [3.63, 3.8) is 0 Å². The Hall–Kier alpha value is -0.720. The predicted octanol–water partition coefficient (Wildman–Crippen LogP) is 2.68. The highest BCUT2D eigenvalue weighted by Gasteiger charge is 2.11. The molecule has 0 radical (unpaired) electrons. The average Bonchev–Trinajstić information content (AvgIpc) is 2.38. The molecular formula is C9H11ClN2S. The molecule has 1 rings (SSSR count). The fourth-order valence-electron chi connectivity index (χ4n) is 1.19. The second kappa shape index (κ2) is 4.50. The first-order chi connectivity index (χ1) is 6.20. The predicted molar refractivity (Wildman–Crippen MR) is 57.2 cm³/mol. The molecule has 0 aromatic carbocycles. The lowest BCUT2D eigenvalue weighted by atomic mass is 10.1. The number of nitrogens with two attached hydrogens (primary N) is 1. The van der Waals surface area contributed by atoms with E-state index in [1.165, 1.54) is 16.2 Å². The van der Waals surface area contributed by atoms with Crippen LogP contribution < -0.4 is 5.73 Å². The molecule has 0 aliphatic rings. The van der Waals surface area contributed by atoms with Gasteiger partial charge in [0.25, 0.3) is 0 Å². The zero-order chi connectivity index (χ0) is 9.84. The molecule has 1 aromatic heterocycles. The minimum absolute atomic E-state index is 0.629. The first kappa shape index (κ1) is 10.4. The molecule has 4 heteroatoms.